The van der Waals surface area contributed by atoms with Crippen molar-refractivity contribution in [2.75, 3.05) is 37.9 Å². The van der Waals surface area contributed by atoms with E-state index in [9.17, 15) is 14.4 Å². The average molecular weight is 427 g/mol. The van der Waals surface area contributed by atoms with E-state index in [1.807, 2.05) is 32.0 Å². The molecule has 31 heavy (non-hydrogen) atoms. The fourth-order valence-electron chi connectivity index (χ4n) is 2.98. The Morgan fingerprint density at radius 2 is 1.65 bits per heavy atom. The van der Waals surface area contributed by atoms with Crippen molar-refractivity contribution in [2.45, 2.75) is 26.8 Å². The maximum Gasteiger partial charge on any atom is 0.243 e. The van der Waals surface area contributed by atoms with E-state index in [4.69, 9.17) is 4.74 Å². The lowest BCUT2D eigenvalue weighted by Gasteiger charge is -2.23. The summed E-state index contributed by atoms with van der Waals surface area (Å²) in [6.45, 7) is 5.36. The van der Waals surface area contributed by atoms with Crippen molar-refractivity contribution in [3.63, 3.8) is 0 Å². The molecule has 0 saturated heterocycles. The summed E-state index contributed by atoms with van der Waals surface area (Å²) in [7, 11) is 3.23. The second-order valence-corrected chi connectivity index (χ2v) is 7.40. The minimum absolute atomic E-state index is 0.0143. The highest BCUT2D eigenvalue weighted by molar-refractivity contribution is 5.96. The molecule has 0 fully saturated rings. The molecule has 0 bridgehead atoms. The molecular weight excluding hydrogens is 396 g/mol. The van der Waals surface area contributed by atoms with Gasteiger partial charge in [-0.3, -0.25) is 19.3 Å². The second kappa shape index (κ2) is 11.1. The van der Waals surface area contributed by atoms with E-state index in [2.05, 4.69) is 16.0 Å². The highest BCUT2D eigenvalue weighted by Gasteiger charge is 2.21. The number of rotatable bonds is 9. The third-order valence-electron chi connectivity index (χ3n) is 4.96. The zero-order chi connectivity index (χ0) is 23.0. The number of amides is 3. The van der Waals surface area contributed by atoms with Crippen molar-refractivity contribution in [1.29, 1.82) is 0 Å². The third-order valence-corrected chi connectivity index (χ3v) is 4.96. The van der Waals surface area contributed by atoms with Gasteiger partial charge in [0.1, 0.15) is 5.75 Å². The number of benzene rings is 2. The number of nitrogens with one attached hydrogen (secondary N) is 3. The molecule has 3 amide bonds. The van der Waals surface area contributed by atoms with Crippen LogP contribution in [0.2, 0.25) is 0 Å². The highest BCUT2D eigenvalue weighted by Crippen LogP contribution is 2.19. The van der Waals surface area contributed by atoms with Crippen LogP contribution < -0.4 is 20.7 Å². The van der Waals surface area contributed by atoms with Crippen LogP contribution in [-0.4, -0.2) is 55.9 Å². The summed E-state index contributed by atoms with van der Waals surface area (Å²) in [5.74, 6) is -0.272. The Morgan fingerprint density at radius 3 is 2.29 bits per heavy atom. The zero-order valence-corrected chi connectivity index (χ0v) is 18.6. The number of ether oxygens (including phenoxy) is 1. The van der Waals surface area contributed by atoms with Crippen LogP contribution in [0.15, 0.2) is 42.5 Å². The third kappa shape index (κ3) is 7.11. The van der Waals surface area contributed by atoms with E-state index in [1.165, 1.54) is 0 Å². The van der Waals surface area contributed by atoms with Crippen LogP contribution in [0, 0.1) is 13.8 Å². The van der Waals surface area contributed by atoms with Crippen molar-refractivity contribution in [3.8, 4) is 5.75 Å². The van der Waals surface area contributed by atoms with E-state index in [-0.39, 0.29) is 30.8 Å². The fourth-order valence-corrected chi connectivity index (χ4v) is 2.98. The number of methoxy groups -OCH3 is 1. The summed E-state index contributed by atoms with van der Waals surface area (Å²) in [6.07, 6.45) is 0. The molecule has 8 heteroatoms. The first-order valence-corrected chi connectivity index (χ1v) is 9.99. The number of anilines is 2. The van der Waals surface area contributed by atoms with Crippen molar-refractivity contribution < 1.29 is 19.1 Å². The number of para-hydroxylation sites is 1. The molecule has 2 aromatic rings. The minimum atomic E-state index is -0.593. The molecule has 1 unspecified atom stereocenters. The largest absolute Gasteiger partial charge is 0.497 e. The normalized spacial score (nSPS) is 11.5. The standard InChI is InChI=1S/C23H30N4O4/c1-15-8-6-9-16(2)22(15)26-20(28)13-24-23(30)17(3)27(4)14-21(29)25-18-10-7-11-19(12-18)31-5/h6-12,17H,13-14H2,1-5H3,(H,24,30)(H,25,29)(H,26,28). The minimum Gasteiger partial charge on any atom is -0.497 e. The summed E-state index contributed by atoms with van der Waals surface area (Å²) < 4.78 is 5.14. The Balaban J connectivity index is 1.82. The van der Waals surface area contributed by atoms with Gasteiger partial charge >= 0.3 is 0 Å². The Labute approximate surface area is 183 Å². The summed E-state index contributed by atoms with van der Waals surface area (Å²) in [5.41, 5.74) is 3.27. The number of likely N-dealkylation sites (N-methyl/N-ethyl adjacent to an activating group) is 1. The van der Waals surface area contributed by atoms with Gasteiger partial charge in [0.05, 0.1) is 26.2 Å². The van der Waals surface area contributed by atoms with Gasteiger partial charge in [0.15, 0.2) is 0 Å². The molecule has 0 aliphatic heterocycles. The van der Waals surface area contributed by atoms with Crippen molar-refractivity contribution >= 4 is 29.1 Å². The lowest BCUT2D eigenvalue weighted by atomic mass is 10.1. The molecule has 2 aromatic carbocycles. The molecule has 0 saturated carbocycles. The van der Waals surface area contributed by atoms with Gasteiger partial charge in [-0.05, 0) is 51.1 Å². The fraction of sp³-hybridized carbons (Fsp3) is 0.348. The first-order valence-electron chi connectivity index (χ1n) is 9.99. The van der Waals surface area contributed by atoms with Gasteiger partial charge in [0, 0.05) is 17.4 Å². The van der Waals surface area contributed by atoms with Crippen molar-refractivity contribution in [2.24, 2.45) is 0 Å². The van der Waals surface area contributed by atoms with Gasteiger partial charge in [-0.15, -0.1) is 0 Å². The average Bonchev–Trinajstić information content (AvgIpc) is 2.74. The van der Waals surface area contributed by atoms with Crippen LogP contribution in [0.4, 0.5) is 11.4 Å². The molecule has 166 valence electrons. The number of carbonyl (C=O) groups is 3. The molecule has 8 nitrogen and oxygen atoms in total. The molecule has 2 rings (SSSR count). The monoisotopic (exact) mass is 426 g/mol. The molecular formula is C23H30N4O4. The predicted molar refractivity (Wildman–Crippen MR) is 121 cm³/mol. The van der Waals surface area contributed by atoms with E-state index in [1.54, 1.807) is 50.2 Å². The lowest BCUT2D eigenvalue weighted by molar-refractivity contribution is -0.128. The molecule has 1 atom stereocenters. The first kappa shape index (κ1) is 23.9. The van der Waals surface area contributed by atoms with Crippen molar-refractivity contribution in [1.82, 2.24) is 10.2 Å². The van der Waals surface area contributed by atoms with Crippen LogP contribution in [0.25, 0.3) is 0 Å². The molecule has 0 aromatic heterocycles. The van der Waals surface area contributed by atoms with E-state index < -0.39 is 6.04 Å². The summed E-state index contributed by atoms with van der Waals surface area (Å²) in [6, 6.07) is 12.2. The van der Waals surface area contributed by atoms with Gasteiger partial charge in [0.2, 0.25) is 17.7 Å². The maximum absolute atomic E-state index is 12.4. The highest BCUT2D eigenvalue weighted by atomic mass is 16.5. The summed E-state index contributed by atoms with van der Waals surface area (Å²) >= 11 is 0. The Bertz CT molecular complexity index is 925. The van der Waals surface area contributed by atoms with Crippen LogP contribution in [0.1, 0.15) is 18.1 Å². The Morgan fingerprint density at radius 1 is 1.00 bits per heavy atom. The van der Waals surface area contributed by atoms with Crippen LogP contribution in [0.3, 0.4) is 0 Å². The van der Waals surface area contributed by atoms with Crippen molar-refractivity contribution in [3.05, 3.63) is 53.6 Å². The number of nitrogens with zero attached hydrogens (tertiary/aromatic N) is 1. The van der Waals surface area contributed by atoms with Crippen LogP contribution in [0.5, 0.6) is 5.75 Å². The Hall–Kier alpha value is -3.39. The quantitative estimate of drug-likeness (QED) is 0.572. The molecule has 0 aliphatic rings. The Kier molecular flexibility index (Phi) is 8.57. The zero-order valence-electron chi connectivity index (χ0n) is 18.6. The number of carbonyl (C=O) groups excluding carboxylic acids is 3. The molecule has 0 spiro atoms. The van der Waals surface area contributed by atoms with E-state index in [0.29, 0.717) is 11.4 Å². The molecule has 0 aliphatic carbocycles. The number of hydrogen-bond donors (Lipinski definition) is 3. The van der Waals surface area contributed by atoms with E-state index in [0.717, 1.165) is 16.8 Å². The predicted octanol–water partition coefficient (Wildman–Crippen LogP) is 2.33. The van der Waals surface area contributed by atoms with Crippen LogP contribution >= 0.6 is 0 Å². The van der Waals surface area contributed by atoms with Gasteiger partial charge in [-0.25, -0.2) is 0 Å². The van der Waals surface area contributed by atoms with Gasteiger partial charge in [-0.2, -0.15) is 0 Å². The molecule has 0 radical (unpaired) electrons. The smallest absolute Gasteiger partial charge is 0.243 e. The SMILES string of the molecule is COc1cccc(NC(=O)CN(C)C(C)C(=O)NCC(=O)Nc2c(C)cccc2C)c1. The summed E-state index contributed by atoms with van der Waals surface area (Å²) in [5, 5.41) is 8.22. The topological polar surface area (TPSA) is 99.8 Å². The van der Waals surface area contributed by atoms with Gasteiger partial charge in [0.25, 0.3) is 0 Å². The maximum atomic E-state index is 12.4. The summed E-state index contributed by atoms with van der Waals surface area (Å²) in [4.78, 5) is 38.5. The number of aryl methyl sites for hydroxylation is 2. The molecule has 0 heterocycles. The van der Waals surface area contributed by atoms with Gasteiger partial charge in [-0.1, -0.05) is 24.3 Å². The van der Waals surface area contributed by atoms with E-state index >= 15 is 0 Å². The van der Waals surface area contributed by atoms with Gasteiger partial charge < -0.3 is 20.7 Å². The second-order valence-electron chi connectivity index (χ2n) is 7.40. The molecule has 3 N–H and O–H groups in total. The number of hydrogen-bond acceptors (Lipinski definition) is 5. The first-order chi connectivity index (χ1) is 14.7. The lowest BCUT2D eigenvalue weighted by Crippen LogP contribution is -2.47. The van der Waals surface area contributed by atoms with Crippen LogP contribution in [-0.2, 0) is 14.4 Å².